The number of aliphatic hydroxyl groups is 1. The topological polar surface area (TPSA) is 66.4 Å². The Morgan fingerprint density at radius 1 is 1.43 bits per heavy atom. The average molecular weight is 307 g/mol. The third kappa shape index (κ3) is 4.57. The molecule has 21 heavy (non-hydrogen) atoms. The van der Waals surface area contributed by atoms with E-state index in [0.29, 0.717) is 17.0 Å². The van der Waals surface area contributed by atoms with E-state index in [-0.39, 0.29) is 17.5 Å². The van der Waals surface area contributed by atoms with Crippen LogP contribution in [0.1, 0.15) is 37.3 Å². The maximum Gasteiger partial charge on any atom is 0.241 e. The number of hydrogen-bond donors (Lipinski definition) is 2. The van der Waals surface area contributed by atoms with E-state index in [0.717, 1.165) is 6.42 Å². The van der Waals surface area contributed by atoms with Gasteiger partial charge in [0.1, 0.15) is 6.61 Å². The molecule has 1 aromatic carbocycles. The predicted molar refractivity (Wildman–Crippen MR) is 82.3 cm³/mol. The highest BCUT2D eigenvalue weighted by molar-refractivity contribution is 7.89. The van der Waals surface area contributed by atoms with Crippen LogP contribution in [0.3, 0.4) is 0 Å². The van der Waals surface area contributed by atoms with Gasteiger partial charge in [0, 0.05) is 11.6 Å². The van der Waals surface area contributed by atoms with Crippen LogP contribution in [0.5, 0.6) is 0 Å². The molecule has 2 rings (SSSR count). The summed E-state index contributed by atoms with van der Waals surface area (Å²) < 4.78 is 27.7. The first-order valence-corrected chi connectivity index (χ1v) is 8.63. The van der Waals surface area contributed by atoms with E-state index in [4.69, 9.17) is 5.11 Å². The van der Waals surface area contributed by atoms with Gasteiger partial charge < -0.3 is 5.11 Å². The Morgan fingerprint density at radius 2 is 2.14 bits per heavy atom. The molecule has 1 aliphatic rings. The van der Waals surface area contributed by atoms with Crippen LogP contribution in [0.4, 0.5) is 0 Å². The quantitative estimate of drug-likeness (QED) is 0.815. The summed E-state index contributed by atoms with van der Waals surface area (Å²) in [6.45, 7) is 3.43. The number of aliphatic hydroxyl groups excluding tert-OH is 1. The van der Waals surface area contributed by atoms with Gasteiger partial charge in [-0.3, -0.25) is 0 Å². The lowest BCUT2D eigenvalue weighted by molar-refractivity contribution is 0.350. The lowest BCUT2D eigenvalue weighted by Gasteiger charge is -2.15. The second-order valence-electron chi connectivity index (χ2n) is 5.64. The monoisotopic (exact) mass is 307 g/mol. The Morgan fingerprint density at radius 3 is 2.76 bits per heavy atom. The Labute approximate surface area is 126 Å². The Kier molecular flexibility index (Phi) is 5.04. The molecule has 1 atom stereocenters. The fourth-order valence-corrected chi connectivity index (χ4v) is 3.87. The van der Waals surface area contributed by atoms with Gasteiger partial charge in [-0.05, 0) is 43.9 Å². The zero-order valence-corrected chi connectivity index (χ0v) is 13.2. The minimum atomic E-state index is -3.54. The first-order chi connectivity index (χ1) is 9.92. The van der Waals surface area contributed by atoms with Gasteiger partial charge in [0.25, 0.3) is 0 Å². The Hall–Kier alpha value is -1.35. The lowest BCUT2D eigenvalue weighted by atomic mass is 10.1. The molecule has 0 saturated heterocycles. The highest BCUT2D eigenvalue weighted by atomic mass is 32.2. The van der Waals surface area contributed by atoms with Crippen molar-refractivity contribution in [2.24, 2.45) is 5.92 Å². The molecule has 1 unspecified atom stereocenters. The number of nitrogens with one attached hydrogen (secondary N) is 1. The number of benzene rings is 1. The minimum Gasteiger partial charge on any atom is -0.384 e. The number of aryl methyl sites for hydroxylation is 1. The zero-order chi connectivity index (χ0) is 15.5. The van der Waals surface area contributed by atoms with Crippen molar-refractivity contribution < 1.29 is 13.5 Å². The van der Waals surface area contributed by atoms with Crippen LogP contribution in [0.15, 0.2) is 23.1 Å². The van der Waals surface area contributed by atoms with E-state index in [1.54, 1.807) is 25.1 Å². The smallest absolute Gasteiger partial charge is 0.241 e. The summed E-state index contributed by atoms with van der Waals surface area (Å²) in [5.41, 5.74) is 1.28. The molecule has 0 radical (unpaired) electrons. The molecule has 0 bridgehead atoms. The van der Waals surface area contributed by atoms with Crippen LogP contribution < -0.4 is 4.72 Å². The number of rotatable bonds is 5. The Balaban J connectivity index is 2.21. The predicted octanol–water partition coefficient (Wildman–Crippen LogP) is 1.81. The van der Waals surface area contributed by atoms with Crippen molar-refractivity contribution in [3.8, 4) is 11.8 Å². The molecule has 1 aromatic rings. The first kappa shape index (κ1) is 16.0. The summed E-state index contributed by atoms with van der Waals surface area (Å²) >= 11 is 0. The number of hydrogen-bond acceptors (Lipinski definition) is 3. The van der Waals surface area contributed by atoms with Gasteiger partial charge in [0.15, 0.2) is 0 Å². The fraction of sp³-hybridized carbons (Fsp3) is 0.500. The third-order valence-electron chi connectivity index (χ3n) is 3.53. The second kappa shape index (κ2) is 6.61. The summed E-state index contributed by atoms with van der Waals surface area (Å²) in [6, 6.07) is 4.99. The van der Waals surface area contributed by atoms with Crippen LogP contribution in [0, 0.1) is 24.7 Å². The van der Waals surface area contributed by atoms with Crippen molar-refractivity contribution in [1.29, 1.82) is 0 Å². The van der Waals surface area contributed by atoms with Crippen LogP contribution in [-0.4, -0.2) is 26.2 Å². The fourth-order valence-electron chi connectivity index (χ4n) is 2.34. The highest BCUT2D eigenvalue weighted by Gasteiger charge is 2.26. The third-order valence-corrected chi connectivity index (χ3v) is 5.26. The van der Waals surface area contributed by atoms with E-state index in [1.807, 2.05) is 6.92 Å². The summed E-state index contributed by atoms with van der Waals surface area (Å²) in [7, 11) is -3.54. The summed E-state index contributed by atoms with van der Waals surface area (Å²) in [4.78, 5) is 0.259. The molecule has 0 heterocycles. The van der Waals surface area contributed by atoms with Crippen LogP contribution in [0.25, 0.3) is 0 Å². The van der Waals surface area contributed by atoms with Gasteiger partial charge in [0.05, 0.1) is 4.90 Å². The lowest BCUT2D eigenvalue weighted by Crippen LogP contribution is -2.33. The normalized spacial score (nSPS) is 16.1. The van der Waals surface area contributed by atoms with Crippen LogP contribution >= 0.6 is 0 Å². The molecular weight excluding hydrogens is 286 g/mol. The molecule has 0 amide bonds. The van der Waals surface area contributed by atoms with Crippen molar-refractivity contribution in [3.63, 3.8) is 0 Å². The molecule has 2 N–H and O–H groups in total. The van der Waals surface area contributed by atoms with Gasteiger partial charge in [0.2, 0.25) is 10.0 Å². The van der Waals surface area contributed by atoms with E-state index < -0.39 is 10.0 Å². The molecule has 114 valence electrons. The summed E-state index contributed by atoms with van der Waals surface area (Å²) in [5.74, 6) is 5.94. The maximum absolute atomic E-state index is 12.5. The van der Waals surface area contributed by atoms with E-state index >= 15 is 0 Å². The van der Waals surface area contributed by atoms with Crippen molar-refractivity contribution in [3.05, 3.63) is 29.3 Å². The maximum atomic E-state index is 12.5. The van der Waals surface area contributed by atoms with Gasteiger partial charge in [-0.2, -0.15) is 0 Å². The molecule has 4 nitrogen and oxygen atoms in total. The van der Waals surface area contributed by atoms with Crippen molar-refractivity contribution in [2.45, 2.75) is 44.0 Å². The molecular formula is C16H21NO3S. The minimum absolute atomic E-state index is 0.0610. The second-order valence-corrected chi connectivity index (χ2v) is 7.32. The Bertz CT molecular complexity index is 666. The van der Waals surface area contributed by atoms with Crippen LogP contribution in [0.2, 0.25) is 0 Å². The highest BCUT2D eigenvalue weighted by Crippen LogP contribution is 2.33. The van der Waals surface area contributed by atoms with Gasteiger partial charge in [-0.15, -0.1) is 0 Å². The van der Waals surface area contributed by atoms with Gasteiger partial charge in [-0.25, -0.2) is 13.1 Å². The SMILES string of the molecule is Cc1ccc(C#CCO)cc1S(=O)(=O)NC(C)CC1CC1. The number of sulfonamides is 1. The molecule has 0 spiro atoms. The van der Waals surface area contributed by atoms with Crippen LogP contribution in [-0.2, 0) is 10.0 Å². The summed E-state index contributed by atoms with van der Waals surface area (Å²) in [5, 5.41) is 8.72. The largest absolute Gasteiger partial charge is 0.384 e. The van der Waals surface area contributed by atoms with Gasteiger partial charge >= 0.3 is 0 Å². The standard InChI is InChI=1S/C16H21NO3S/c1-12-5-6-14(4-3-9-18)11-16(12)21(19,20)17-13(2)10-15-7-8-15/h5-6,11,13,15,17-18H,7-10H2,1-2H3. The van der Waals surface area contributed by atoms with Crippen molar-refractivity contribution in [2.75, 3.05) is 6.61 Å². The average Bonchev–Trinajstić information content (AvgIpc) is 3.20. The van der Waals surface area contributed by atoms with E-state index in [2.05, 4.69) is 16.6 Å². The van der Waals surface area contributed by atoms with E-state index in [1.165, 1.54) is 12.8 Å². The first-order valence-electron chi connectivity index (χ1n) is 7.15. The van der Waals surface area contributed by atoms with E-state index in [9.17, 15) is 8.42 Å². The van der Waals surface area contributed by atoms with Crippen molar-refractivity contribution in [1.82, 2.24) is 4.72 Å². The molecule has 0 aromatic heterocycles. The summed E-state index contributed by atoms with van der Waals surface area (Å²) in [6.07, 6.45) is 3.30. The molecule has 0 aliphatic heterocycles. The van der Waals surface area contributed by atoms with Crippen molar-refractivity contribution >= 4 is 10.0 Å². The molecule has 5 heteroatoms. The zero-order valence-electron chi connectivity index (χ0n) is 12.4. The van der Waals surface area contributed by atoms with Gasteiger partial charge in [-0.1, -0.05) is 30.7 Å². The molecule has 1 aliphatic carbocycles. The molecule has 1 saturated carbocycles. The molecule has 1 fully saturated rings.